The molecule has 8 heterocycles. The molecule has 6 saturated heterocycles. The summed E-state index contributed by atoms with van der Waals surface area (Å²) >= 11 is 7.57. The van der Waals surface area contributed by atoms with Gasteiger partial charge in [-0.05, 0) is 99.9 Å². The van der Waals surface area contributed by atoms with E-state index in [1.54, 1.807) is 37.8 Å². The molecular formula is C77H88Br2N8O18. The van der Waals surface area contributed by atoms with Crippen molar-refractivity contribution in [2.24, 2.45) is 33.5 Å². The van der Waals surface area contributed by atoms with Gasteiger partial charge in [-0.15, -0.1) is 10.2 Å². The number of rotatable bonds is 17. The molecule has 4 aromatic carbocycles. The van der Waals surface area contributed by atoms with E-state index >= 15 is 0 Å². The van der Waals surface area contributed by atoms with Gasteiger partial charge in [0.2, 0.25) is 23.6 Å². The van der Waals surface area contributed by atoms with Gasteiger partial charge in [-0.25, -0.2) is 9.36 Å². The Morgan fingerprint density at radius 2 is 0.924 bits per heavy atom. The lowest BCUT2D eigenvalue weighted by atomic mass is 9.63. The second kappa shape index (κ2) is 27.8. The van der Waals surface area contributed by atoms with Crippen LogP contribution in [0.25, 0.3) is 22.3 Å². The Morgan fingerprint density at radius 1 is 0.533 bits per heavy atom. The molecule has 0 spiro atoms. The van der Waals surface area contributed by atoms with Gasteiger partial charge in [-0.1, -0.05) is 185 Å². The highest BCUT2D eigenvalue weighted by atomic mass is 79.9. The summed E-state index contributed by atoms with van der Waals surface area (Å²) in [5.41, 5.74) is 1.82. The predicted octanol–water partition coefficient (Wildman–Crippen LogP) is 7.13. The maximum Gasteiger partial charge on any atom is 0.248 e. The molecule has 10 aliphatic rings. The topological polar surface area (TPSA) is 325 Å². The first-order chi connectivity index (χ1) is 49.9. The molecule has 16 rings (SSSR count). The highest BCUT2D eigenvalue weighted by Gasteiger charge is 2.87. The first-order valence-corrected chi connectivity index (χ1v) is 36.4. The summed E-state index contributed by atoms with van der Waals surface area (Å²) in [6.45, 7) is 17.0. The molecule has 2 aromatic heterocycles. The maximum absolute atomic E-state index is 14.7. The van der Waals surface area contributed by atoms with E-state index in [0.29, 0.717) is 31.4 Å². The lowest BCUT2D eigenvalue weighted by Gasteiger charge is -2.48. The van der Waals surface area contributed by atoms with E-state index in [1.807, 2.05) is 163 Å². The predicted molar refractivity (Wildman–Crippen MR) is 384 cm³/mol. The van der Waals surface area contributed by atoms with Gasteiger partial charge in [0.25, 0.3) is 0 Å². The second-order valence-electron chi connectivity index (χ2n) is 29.3. The number of hydrogen-bond donors (Lipinski definition) is 4. The number of fused-ring (bicyclic) bond motifs is 13. The number of halogens is 2. The molecule has 6 aromatic rings. The Hall–Kier alpha value is -7.26. The molecule has 4 aliphatic carbocycles. The van der Waals surface area contributed by atoms with Crippen LogP contribution in [0.15, 0.2) is 134 Å². The monoisotopic (exact) mass is 1570 g/mol. The number of nitrogens with zero attached hydrogens (tertiary/aromatic N) is 8. The summed E-state index contributed by atoms with van der Waals surface area (Å²) in [4.78, 5) is 89.5. The highest BCUT2D eigenvalue weighted by Crippen LogP contribution is 2.79. The van der Waals surface area contributed by atoms with Gasteiger partial charge >= 0.3 is 0 Å². The molecule has 6 aliphatic heterocycles. The Morgan fingerprint density at radius 3 is 1.34 bits per heavy atom. The fourth-order valence-electron chi connectivity index (χ4n) is 18.0. The van der Waals surface area contributed by atoms with Gasteiger partial charge in [0, 0.05) is 1.37 Å². The minimum atomic E-state index is -1.57. The Bertz CT molecular complexity index is 4460. The summed E-state index contributed by atoms with van der Waals surface area (Å²) in [5.74, 6) is -5.77. The van der Waals surface area contributed by atoms with Crippen molar-refractivity contribution in [3.63, 3.8) is 0 Å². The number of Topliss-reactive ketones (excluding diaryl/α,β-unsaturated/α-hetero) is 2. The van der Waals surface area contributed by atoms with Crippen molar-refractivity contribution >= 4 is 89.3 Å². The van der Waals surface area contributed by atoms with Crippen LogP contribution in [0.4, 0.5) is 0 Å². The van der Waals surface area contributed by atoms with E-state index in [0.717, 1.165) is 49.4 Å². The molecule has 4 bridgehead atoms. The zero-order chi connectivity index (χ0) is 74.9. The maximum atomic E-state index is 14.7. The zero-order valence-corrected chi connectivity index (χ0v) is 62.0. The minimum Gasteiger partial charge on any atom is -0.394 e. The van der Waals surface area contributed by atoms with Crippen LogP contribution in [0.3, 0.4) is 0 Å². The number of hydrogen-bond acceptors (Lipinski definition) is 22. The number of benzene rings is 4. The van der Waals surface area contributed by atoms with E-state index in [-0.39, 0.29) is 57.9 Å². The third kappa shape index (κ3) is 11.4. The third-order valence-electron chi connectivity index (χ3n) is 22.5. The number of likely N-dealkylation sites (tertiary alicyclic amines) is 2. The molecule has 4 amide bonds. The number of aromatic nitrogens is 6. The van der Waals surface area contributed by atoms with Crippen LogP contribution in [-0.4, -0.2) is 203 Å². The van der Waals surface area contributed by atoms with Gasteiger partial charge in [-0.2, -0.15) is 0 Å². The van der Waals surface area contributed by atoms with Crippen molar-refractivity contribution in [3.05, 3.63) is 167 Å². The number of alkyl halides is 2. The molecule has 18 unspecified atom stereocenters. The summed E-state index contributed by atoms with van der Waals surface area (Å²) < 4.78 is 54.1. The van der Waals surface area contributed by atoms with Crippen LogP contribution in [-0.2, 0) is 92.8 Å². The van der Waals surface area contributed by atoms with Crippen LogP contribution < -0.4 is 0 Å². The van der Waals surface area contributed by atoms with Crippen molar-refractivity contribution in [2.45, 2.75) is 184 Å². The molecule has 28 heteroatoms. The van der Waals surface area contributed by atoms with E-state index in [9.17, 15) is 49.2 Å². The number of ketones is 2. The first-order valence-electron chi connectivity index (χ1n) is 35.5. The minimum absolute atomic E-state index is 0. The second-order valence-corrected chi connectivity index (χ2v) is 31.8. The van der Waals surface area contributed by atoms with E-state index in [4.69, 9.17) is 39.3 Å². The van der Waals surface area contributed by atoms with Crippen LogP contribution in [0.2, 0.25) is 0 Å². The molecular weight excluding hydrogens is 1480 g/mol. The van der Waals surface area contributed by atoms with Crippen LogP contribution in [0, 0.1) is 33.5 Å². The number of ether oxygens (including phenoxy) is 8. The van der Waals surface area contributed by atoms with Crippen LogP contribution >= 0.6 is 31.9 Å². The van der Waals surface area contributed by atoms with Gasteiger partial charge in [0.1, 0.15) is 68.9 Å². The van der Waals surface area contributed by atoms with E-state index < -0.39 is 139 Å². The fraction of sp³-hybridized carbons (Fsp3) is 0.506. The Labute approximate surface area is 625 Å². The van der Waals surface area contributed by atoms with Gasteiger partial charge in [-0.3, -0.25) is 38.6 Å². The van der Waals surface area contributed by atoms with E-state index in [2.05, 4.69) is 52.5 Å². The lowest BCUT2D eigenvalue weighted by Crippen LogP contribution is -2.63. The molecule has 26 nitrogen and oxygen atoms in total. The van der Waals surface area contributed by atoms with E-state index in [1.165, 1.54) is 9.58 Å². The Kier molecular flexibility index (Phi) is 19.7. The standard InChI is InChI=1S/C40H43BrN4O9.C34H35BrN4O9.C2H6.CH4/c1-36(2)50-21-25-28(52-36)29-30(54-37(3,4)53-29)33(51-25)49-18-17-44-19-24(42-43-44)20-45-32(46)31-38(5)26(22-13-9-7-10-14-22)27(23-15-11-8-12-16-23)39(6,34(38)47)40(31,41)35(45)48;1-32-22(18-9-5-3-6-10-18)23(19-11-7-4-8-12-19)33(2,30(32)45)34(35)27(32)28(44)39(31(34)46)16-20-15-38(37-36-20)13-14-47-29-26(43)25(42)24(41)21(17-40)48-29;1-2;/h7-16,19,25,28-31,33H,17-18,20-21H2,1-6H3;3-12,15,21,24-27,29,40-43H,13-14,16-17H2,1-2H3;1-2H3;1H4/i;;1D;. The van der Waals surface area contributed by atoms with Crippen molar-refractivity contribution in [2.75, 3.05) is 26.4 Å². The molecule has 8 fully saturated rings. The third-order valence-corrected chi connectivity index (χ3v) is 25.7. The molecule has 0 radical (unpaired) electrons. The number of carbonyl (C=O) groups is 6. The molecule has 2 saturated carbocycles. The van der Waals surface area contributed by atoms with Gasteiger partial charge in [0.15, 0.2) is 35.7 Å². The van der Waals surface area contributed by atoms with Crippen LogP contribution in [0.1, 0.15) is 112 Å². The number of imide groups is 2. The van der Waals surface area contributed by atoms with Crippen molar-refractivity contribution < 1.29 is 88.5 Å². The highest BCUT2D eigenvalue weighted by molar-refractivity contribution is 9.10. The molecule has 18 atom stereocenters. The zero-order valence-electron chi connectivity index (χ0n) is 59.8. The van der Waals surface area contributed by atoms with Crippen molar-refractivity contribution in [3.8, 4) is 0 Å². The smallest absolute Gasteiger partial charge is 0.248 e. The first kappa shape index (κ1) is 74.6. The normalized spacial score (nSPS) is 35.9. The average molecular weight is 1570 g/mol. The van der Waals surface area contributed by atoms with Gasteiger partial charge < -0.3 is 58.3 Å². The number of aliphatic hydroxyl groups excluding tert-OH is 4. The molecule has 4 N–H and O–H groups in total. The number of amides is 4. The quantitative estimate of drug-likeness (QED) is 0.0521. The van der Waals surface area contributed by atoms with Crippen LogP contribution in [0.5, 0.6) is 0 Å². The largest absolute Gasteiger partial charge is 0.394 e. The Balaban J connectivity index is 0.000000181. The van der Waals surface area contributed by atoms with Crippen molar-refractivity contribution in [1.82, 2.24) is 39.8 Å². The summed E-state index contributed by atoms with van der Waals surface area (Å²) in [7, 11) is 0. The number of aliphatic hydroxyl groups is 4. The average Bonchev–Trinajstić information content (AvgIpc) is 1.47. The fourth-order valence-corrected chi connectivity index (χ4v) is 20.5. The van der Waals surface area contributed by atoms with Gasteiger partial charge in [0.05, 0.1) is 98.5 Å². The molecule has 105 heavy (non-hydrogen) atoms. The summed E-state index contributed by atoms with van der Waals surface area (Å²) in [6.07, 6.45) is -6.20. The summed E-state index contributed by atoms with van der Waals surface area (Å²) in [6, 6.07) is 38.4. The number of allylic oxidation sites excluding steroid dienone is 4. The SMILES string of the molecule is C.CC1(C)OCC2OC(OCCn3cc(CN4C(=O)C5C6(C)C(=O)C(C)(C(c7ccccc7)=C6c6ccccc6)C5(Br)C4=O)nn3)C3OC(C)(C)OC3C2O1.CC12C(=O)C(C)(C(c3ccccc3)=C1c1ccccc1)C1(Br)C(=O)N(Cc3cn(CCOC4OC(CO)C(O)C(O)C4O)nn3)C(=O)C21.[2H]CC. The molecule has 558 valence electrons. The summed E-state index contributed by atoms with van der Waals surface area (Å²) in [5, 5.41) is 56.3. The number of carbonyl (C=O) groups excluding carboxylic acids is 6. The van der Waals surface area contributed by atoms with Crippen molar-refractivity contribution in [1.29, 1.82) is 0 Å². The lowest BCUT2D eigenvalue weighted by molar-refractivity contribution is -0.370.